The number of nitriles is 1. The molecule has 0 saturated carbocycles. The van der Waals surface area contributed by atoms with Gasteiger partial charge in [0.2, 0.25) is 0 Å². The lowest BCUT2D eigenvalue weighted by atomic mass is 10.2. The van der Waals surface area contributed by atoms with Gasteiger partial charge in [0, 0.05) is 10.1 Å². The third-order valence-corrected chi connectivity index (χ3v) is 3.05. The van der Waals surface area contributed by atoms with Crippen molar-refractivity contribution in [2.45, 2.75) is 17.1 Å². The lowest BCUT2D eigenvalue weighted by Crippen LogP contribution is -2.01. The Morgan fingerprint density at radius 1 is 1.64 bits per heavy atom. The second kappa shape index (κ2) is 5.26. The number of hydrogen-bond acceptors (Lipinski definition) is 3. The molecule has 0 heterocycles. The largest absolute Gasteiger partial charge is 0.395 e. The molecule has 0 aliphatic rings. The van der Waals surface area contributed by atoms with Gasteiger partial charge in [-0.25, -0.2) is 0 Å². The van der Waals surface area contributed by atoms with Crippen molar-refractivity contribution in [3.63, 3.8) is 0 Å². The third kappa shape index (κ3) is 2.91. The molecule has 74 valence electrons. The van der Waals surface area contributed by atoms with E-state index in [4.69, 9.17) is 22.0 Å². The molecule has 0 aromatic heterocycles. The SMILES string of the molecule is CC(CO)Sc1ccc(C#N)c(Cl)c1. The van der Waals surface area contributed by atoms with E-state index in [0.717, 1.165) is 4.90 Å². The van der Waals surface area contributed by atoms with E-state index in [-0.39, 0.29) is 11.9 Å². The zero-order valence-corrected chi connectivity index (χ0v) is 9.27. The van der Waals surface area contributed by atoms with Crippen molar-refractivity contribution in [1.82, 2.24) is 0 Å². The summed E-state index contributed by atoms with van der Waals surface area (Å²) < 4.78 is 0. The molecule has 1 rings (SSSR count). The average molecular weight is 228 g/mol. The van der Waals surface area contributed by atoms with Crippen LogP contribution in [-0.4, -0.2) is 17.0 Å². The van der Waals surface area contributed by atoms with Crippen LogP contribution in [0, 0.1) is 11.3 Å². The van der Waals surface area contributed by atoms with Crippen LogP contribution in [0.15, 0.2) is 23.1 Å². The second-order valence-electron chi connectivity index (χ2n) is 2.86. The fourth-order valence-electron chi connectivity index (χ4n) is 0.929. The minimum absolute atomic E-state index is 0.127. The van der Waals surface area contributed by atoms with Crippen LogP contribution in [0.2, 0.25) is 5.02 Å². The van der Waals surface area contributed by atoms with Gasteiger partial charge in [-0.2, -0.15) is 5.26 Å². The van der Waals surface area contributed by atoms with Crippen molar-refractivity contribution in [2.24, 2.45) is 0 Å². The van der Waals surface area contributed by atoms with Crippen molar-refractivity contribution in [2.75, 3.05) is 6.61 Å². The number of aliphatic hydroxyl groups is 1. The van der Waals surface area contributed by atoms with Crippen molar-refractivity contribution in [1.29, 1.82) is 5.26 Å². The molecule has 1 unspecified atom stereocenters. The van der Waals surface area contributed by atoms with Crippen molar-refractivity contribution >= 4 is 23.4 Å². The molecule has 0 radical (unpaired) electrons. The molecule has 0 spiro atoms. The lowest BCUT2D eigenvalue weighted by molar-refractivity contribution is 0.300. The van der Waals surface area contributed by atoms with E-state index in [2.05, 4.69) is 0 Å². The van der Waals surface area contributed by atoms with Crippen molar-refractivity contribution in [3.8, 4) is 6.07 Å². The molecule has 0 aliphatic heterocycles. The predicted molar refractivity (Wildman–Crippen MR) is 58.6 cm³/mol. The Bertz CT molecular complexity index is 362. The zero-order valence-electron chi connectivity index (χ0n) is 7.70. The molecular formula is C10H10ClNOS. The Morgan fingerprint density at radius 3 is 2.86 bits per heavy atom. The highest BCUT2D eigenvalue weighted by Gasteiger charge is 2.05. The summed E-state index contributed by atoms with van der Waals surface area (Å²) in [5, 5.41) is 18.1. The number of thioether (sulfide) groups is 1. The summed E-state index contributed by atoms with van der Waals surface area (Å²) in [5.41, 5.74) is 0.479. The molecule has 0 amide bonds. The minimum Gasteiger partial charge on any atom is -0.395 e. The van der Waals surface area contributed by atoms with Crippen LogP contribution >= 0.6 is 23.4 Å². The molecule has 1 aromatic rings. The van der Waals surface area contributed by atoms with Crippen LogP contribution in [0.1, 0.15) is 12.5 Å². The molecule has 1 N–H and O–H groups in total. The van der Waals surface area contributed by atoms with E-state index in [1.54, 1.807) is 12.1 Å². The van der Waals surface area contributed by atoms with Crippen LogP contribution in [-0.2, 0) is 0 Å². The van der Waals surface area contributed by atoms with Gasteiger partial charge in [0.05, 0.1) is 17.2 Å². The number of hydrogen-bond donors (Lipinski definition) is 1. The third-order valence-electron chi connectivity index (χ3n) is 1.66. The van der Waals surface area contributed by atoms with Gasteiger partial charge in [-0.3, -0.25) is 0 Å². The maximum Gasteiger partial charge on any atom is 0.101 e. The number of rotatable bonds is 3. The Morgan fingerprint density at radius 2 is 2.36 bits per heavy atom. The molecular weight excluding hydrogens is 218 g/mol. The van der Waals surface area contributed by atoms with Gasteiger partial charge in [0.25, 0.3) is 0 Å². The summed E-state index contributed by atoms with van der Waals surface area (Å²) in [6.45, 7) is 2.05. The smallest absolute Gasteiger partial charge is 0.101 e. The fraction of sp³-hybridized carbons (Fsp3) is 0.300. The van der Waals surface area contributed by atoms with Crippen LogP contribution in [0.5, 0.6) is 0 Å². The molecule has 1 atom stereocenters. The van der Waals surface area contributed by atoms with Gasteiger partial charge in [0.15, 0.2) is 0 Å². The molecule has 1 aromatic carbocycles. The first-order valence-electron chi connectivity index (χ1n) is 4.14. The highest BCUT2D eigenvalue weighted by molar-refractivity contribution is 8.00. The number of aliphatic hydroxyl groups excluding tert-OH is 1. The maximum atomic E-state index is 8.86. The summed E-state index contributed by atoms with van der Waals surface area (Å²) >= 11 is 7.39. The predicted octanol–water partition coefficient (Wildman–Crippen LogP) is 2.68. The minimum atomic E-state index is 0.127. The van der Waals surface area contributed by atoms with E-state index in [1.165, 1.54) is 11.8 Å². The Kier molecular flexibility index (Phi) is 4.27. The number of halogens is 1. The molecule has 4 heteroatoms. The summed E-state index contributed by atoms with van der Waals surface area (Å²) in [7, 11) is 0. The summed E-state index contributed by atoms with van der Waals surface area (Å²) in [6.07, 6.45) is 0. The fourth-order valence-corrected chi connectivity index (χ4v) is 2.09. The van der Waals surface area contributed by atoms with Crippen LogP contribution in [0.4, 0.5) is 0 Å². The summed E-state index contributed by atoms with van der Waals surface area (Å²) in [5.74, 6) is 0. The van der Waals surface area contributed by atoms with E-state index >= 15 is 0 Å². The first-order valence-corrected chi connectivity index (χ1v) is 5.40. The van der Waals surface area contributed by atoms with Gasteiger partial charge in [-0.05, 0) is 18.2 Å². The molecule has 0 saturated heterocycles. The van der Waals surface area contributed by atoms with Gasteiger partial charge >= 0.3 is 0 Å². The van der Waals surface area contributed by atoms with Crippen LogP contribution in [0.25, 0.3) is 0 Å². The topological polar surface area (TPSA) is 44.0 Å². The lowest BCUT2D eigenvalue weighted by Gasteiger charge is -2.07. The molecule has 0 bridgehead atoms. The molecule has 0 aliphatic carbocycles. The monoisotopic (exact) mass is 227 g/mol. The number of nitrogens with zero attached hydrogens (tertiary/aromatic N) is 1. The quantitative estimate of drug-likeness (QED) is 0.808. The van der Waals surface area contributed by atoms with Crippen LogP contribution in [0.3, 0.4) is 0 Å². The first kappa shape index (κ1) is 11.4. The van der Waals surface area contributed by atoms with E-state index < -0.39 is 0 Å². The van der Waals surface area contributed by atoms with Crippen molar-refractivity contribution < 1.29 is 5.11 Å². The Labute approximate surface area is 92.5 Å². The molecule has 14 heavy (non-hydrogen) atoms. The van der Waals surface area contributed by atoms with Gasteiger partial charge in [-0.15, -0.1) is 11.8 Å². The number of benzene rings is 1. The normalized spacial score (nSPS) is 12.1. The summed E-state index contributed by atoms with van der Waals surface area (Å²) in [6, 6.07) is 7.27. The zero-order chi connectivity index (χ0) is 10.6. The molecule has 0 fully saturated rings. The Hall–Kier alpha value is -0.690. The van der Waals surface area contributed by atoms with Gasteiger partial charge in [0.1, 0.15) is 6.07 Å². The highest BCUT2D eigenvalue weighted by atomic mass is 35.5. The average Bonchev–Trinajstić information content (AvgIpc) is 2.18. The van der Waals surface area contributed by atoms with Crippen molar-refractivity contribution in [3.05, 3.63) is 28.8 Å². The Balaban J connectivity index is 2.82. The highest BCUT2D eigenvalue weighted by Crippen LogP contribution is 2.27. The van der Waals surface area contributed by atoms with Crippen LogP contribution < -0.4 is 0 Å². The molecule has 2 nitrogen and oxygen atoms in total. The van der Waals surface area contributed by atoms with Gasteiger partial charge in [-0.1, -0.05) is 18.5 Å². The van der Waals surface area contributed by atoms with E-state index in [9.17, 15) is 0 Å². The summed E-state index contributed by atoms with van der Waals surface area (Å²) in [4.78, 5) is 0.968. The van der Waals surface area contributed by atoms with E-state index in [0.29, 0.717) is 10.6 Å². The second-order valence-corrected chi connectivity index (χ2v) is 4.78. The maximum absolute atomic E-state index is 8.86. The first-order chi connectivity index (χ1) is 6.67. The standard InChI is InChI=1S/C10H10ClNOS/c1-7(6-13)14-9-3-2-8(5-12)10(11)4-9/h2-4,7,13H,6H2,1H3. The van der Waals surface area contributed by atoms with Gasteiger partial charge < -0.3 is 5.11 Å². The van der Waals surface area contributed by atoms with E-state index in [1.807, 2.05) is 19.1 Å².